The molecule has 0 saturated carbocycles. The van der Waals surface area contributed by atoms with Crippen LogP contribution >= 0.6 is 11.8 Å². The minimum Gasteiger partial charge on any atom is -0.377 e. The molecule has 47 heavy (non-hydrogen) atoms. The van der Waals surface area contributed by atoms with Crippen LogP contribution in [0.4, 0.5) is 17.1 Å². The Hall–Kier alpha value is -4.51. The molecule has 0 saturated heterocycles. The first kappa shape index (κ1) is 28.7. The van der Waals surface area contributed by atoms with E-state index in [0.717, 1.165) is 32.1 Å². The number of nitrogens with zero attached hydrogens (tertiary/aromatic N) is 2. The third-order valence-corrected chi connectivity index (χ3v) is 11.6. The fraction of sp³-hybridized carbons (Fsp3) is 0.209. The van der Waals surface area contributed by atoms with E-state index >= 15 is 0 Å². The molecule has 9 rings (SSSR count). The van der Waals surface area contributed by atoms with Gasteiger partial charge < -0.3 is 14.5 Å². The summed E-state index contributed by atoms with van der Waals surface area (Å²) in [5, 5.41) is 0.483. The first-order chi connectivity index (χ1) is 23.3. The summed E-state index contributed by atoms with van der Waals surface area (Å²) in [6.07, 6.45) is 28.9. The summed E-state index contributed by atoms with van der Waals surface area (Å²) in [7, 11) is 1.79. The van der Waals surface area contributed by atoms with Crippen LogP contribution in [-0.2, 0) is 4.74 Å². The normalized spacial score (nSPS) is 23.8. The predicted molar refractivity (Wildman–Crippen MR) is 198 cm³/mol. The summed E-state index contributed by atoms with van der Waals surface area (Å²) in [6.45, 7) is 0. The number of thioether (sulfide) groups is 1. The number of rotatable bonds is 6. The quantitative estimate of drug-likeness (QED) is 0.269. The molecular weight excluding hydrogens is 593 g/mol. The molecule has 3 aromatic carbocycles. The maximum Gasteiger partial charge on any atom is 0.0790 e. The van der Waals surface area contributed by atoms with E-state index in [1.165, 1.54) is 66.8 Å². The molecule has 3 unspecified atom stereocenters. The summed E-state index contributed by atoms with van der Waals surface area (Å²) in [5.74, 6) is 0. The molecule has 6 aliphatic rings. The van der Waals surface area contributed by atoms with Crippen LogP contribution in [0.5, 0.6) is 0 Å². The van der Waals surface area contributed by atoms with E-state index in [9.17, 15) is 0 Å². The highest BCUT2D eigenvalue weighted by Gasteiger charge is 2.40. The van der Waals surface area contributed by atoms with Crippen molar-refractivity contribution in [1.29, 1.82) is 0 Å². The Morgan fingerprint density at radius 3 is 2.45 bits per heavy atom. The van der Waals surface area contributed by atoms with Crippen molar-refractivity contribution in [3.63, 3.8) is 0 Å². The molecule has 3 atom stereocenters. The zero-order valence-electron chi connectivity index (χ0n) is 26.7. The fourth-order valence-corrected chi connectivity index (χ4v) is 9.28. The van der Waals surface area contributed by atoms with Crippen molar-refractivity contribution in [2.45, 2.75) is 54.4 Å². The highest BCUT2D eigenvalue weighted by molar-refractivity contribution is 8.00. The minimum absolute atomic E-state index is 0.156. The van der Waals surface area contributed by atoms with E-state index in [4.69, 9.17) is 4.74 Å². The van der Waals surface area contributed by atoms with Gasteiger partial charge in [0, 0.05) is 39.9 Å². The van der Waals surface area contributed by atoms with Gasteiger partial charge in [-0.2, -0.15) is 0 Å². The number of anilines is 3. The van der Waals surface area contributed by atoms with Gasteiger partial charge in [0.1, 0.15) is 0 Å². The Kier molecular flexibility index (Phi) is 7.29. The van der Waals surface area contributed by atoms with E-state index in [1.54, 1.807) is 7.11 Å². The monoisotopic (exact) mass is 630 g/mol. The van der Waals surface area contributed by atoms with E-state index in [0.29, 0.717) is 5.25 Å². The largest absolute Gasteiger partial charge is 0.377 e. The Bertz CT molecular complexity index is 2010. The number of allylic oxidation sites excluding steroid dienone is 9. The molecular formula is C43H38N2OS. The SMILES string of the molecule is COC1C=CC(C2=CCC3C(=C2)c2c(N(C4=CCCC=C4)C4=CCC5Sc6ccccc6C5=C4)cccc2N3c2ccccc2)=CC1. The molecule has 4 aliphatic carbocycles. The smallest absolute Gasteiger partial charge is 0.0790 e. The van der Waals surface area contributed by atoms with Crippen molar-refractivity contribution in [3.05, 3.63) is 167 Å². The number of hydrogen-bond acceptors (Lipinski definition) is 4. The number of para-hydroxylation sites is 1. The van der Waals surface area contributed by atoms with Crippen LogP contribution < -0.4 is 9.80 Å². The van der Waals surface area contributed by atoms with Crippen LogP contribution in [-0.4, -0.2) is 24.5 Å². The number of methoxy groups -OCH3 is 1. The molecule has 0 bridgehead atoms. The van der Waals surface area contributed by atoms with Gasteiger partial charge in [-0.1, -0.05) is 85.0 Å². The van der Waals surface area contributed by atoms with Crippen LogP contribution in [0.2, 0.25) is 0 Å². The van der Waals surface area contributed by atoms with E-state index in [-0.39, 0.29) is 12.1 Å². The lowest BCUT2D eigenvalue weighted by molar-refractivity contribution is 0.142. The highest BCUT2D eigenvalue weighted by Crippen LogP contribution is 2.54. The molecule has 0 spiro atoms. The van der Waals surface area contributed by atoms with Crippen molar-refractivity contribution >= 4 is 40.0 Å². The molecule has 2 aliphatic heterocycles. The Morgan fingerprint density at radius 1 is 0.745 bits per heavy atom. The second-order valence-electron chi connectivity index (χ2n) is 12.9. The zero-order chi connectivity index (χ0) is 31.3. The molecule has 0 aromatic heterocycles. The third-order valence-electron chi connectivity index (χ3n) is 10.2. The van der Waals surface area contributed by atoms with Crippen molar-refractivity contribution < 1.29 is 4.74 Å². The molecule has 232 valence electrons. The van der Waals surface area contributed by atoms with Crippen LogP contribution in [0.25, 0.3) is 11.1 Å². The molecule has 0 amide bonds. The number of hydrogen-bond donors (Lipinski definition) is 0. The average molecular weight is 631 g/mol. The standard InChI is InChI=1S/C43H38N2OS/c1-46-34-23-19-29(20-24-34)30-21-25-38-37(27-30)43-39(16-10-17-40(43)45(38)32-13-6-3-7-14-32)44(31-11-4-2-5-12-31)33-22-26-42-36(28-33)35-15-8-9-18-41(35)47-42/h3-4,6-23,27-28,34,38,42H,2,5,24-26H2,1H3. The van der Waals surface area contributed by atoms with E-state index in [1.807, 2.05) is 11.8 Å². The maximum atomic E-state index is 5.61. The van der Waals surface area contributed by atoms with Gasteiger partial charge >= 0.3 is 0 Å². The van der Waals surface area contributed by atoms with E-state index in [2.05, 4.69) is 143 Å². The molecule has 0 fully saturated rings. The lowest BCUT2D eigenvalue weighted by atomic mass is 9.86. The lowest BCUT2D eigenvalue weighted by Gasteiger charge is -2.33. The average Bonchev–Trinajstić information content (AvgIpc) is 3.68. The summed E-state index contributed by atoms with van der Waals surface area (Å²) in [6, 6.07) is 27.0. The van der Waals surface area contributed by atoms with Crippen molar-refractivity contribution in [2.24, 2.45) is 0 Å². The van der Waals surface area contributed by atoms with Gasteiger partial charge in [0.05, 0.1) is 23.5 Å². The van der Waals surface area contributed by atoms with Crippen molar-refractivity contribution in [3.8, 4) is 0 Å². The van der Waals surface area contributed by atoms with Gasteiger partial charge in [0.15, 0.2) is 0 Å². The van der Waals surface area contributed by atoms with Gasteiger partial charge in [-0.25, -0.2) is 0 Å². The summed E-state index contributed by atoms with van der Waals surface area (Å²) < 4.78 is 5.61. The highest BCUT2D eigenvalue weighted by atomic mass is 32.2. The van der Waals surface area contributed by atoms with Crippen LogP contribution in [0, 0.1) is 0 Å². The number of ether oxygens (including phenoxy) is 1. The second-order valence-corrected chi connectivity index (χ2v) is 14.2. The van der Waals surface area contributed by atoms with Crippen LogP contribution in [0.3, 0.4) is 0 Å². The second kappa shape index (κ2) is 11.9. The molecule has 2 heterocycles. The van der Waals surface area contributed by atoms with Gasteiger partial charge in [0.2, 0.25) is 0 Å². The Labute approximate surface area is 282 Å². The lowest BCUT2D eigenvalue weighted by Crippen LogP contribution is -2.27. The first-order valence-corrected chi connectivity index (χ1v) is 17.8. The molecule has 3 aromatic rings. The van der Waals surface area contributed by atoms with E-state index < -0.39 is 0 Å². The summed E-state index contributed by atoms with van der Waals surface area (Å²) >= 11 is 2.01. The molecule has 0 radical (unpaired) electrons. The summed E-state index contributed by atoms with van der Waals surface area (Å²) in [4.78, 5) is 6.52. The maximum absolute atomic E-state index is 5.61. The summed E-state index contributed by atoms with van der Waals surface area (Å²) in [5.41, 5.74) is 14.5. The third kappa shape index (κ3) is 4.94. The van der Waals surface area contributed by atoms with Crippen molar-refractivity contribution in [1.82, 2.24) is 0 Å². The number of fused-ring (bicyclic) bond motifs is 6. The molecule has 0 N–H and O–H groups in total. The zero-order valence-corrected chi connectivity index (χ0v) is 27.5. The minimum atomic E-state index is 0.156. The first-order valence-electron chi connectivity index (χ1n) is 16.9. The predicted octanol–water partition coefficient (Wildman–Crippen LogP) is 10.7. The van der Waals surface area contributed by atoms with Crippen molar-refractivity contribution in [2.75, 3.05) is 16.9 Å². The Balaban J connectivity index is 1.21. The van der Waals surface area contributed by atoms with Gasteiger partial charge in [-0.15, -0.1) is 11.8 Å². The number of benzene rings is 3. The van der Waals surface area contributed by atoms with Gasteiger partial charge in [-0.05, 0) is 109 Å². The molecule has 3 nitrogen and oxygen atoms in total. The Morgan fingerprint density at radius 2 is 1.62 bits per heavy atom. The van der Waals surface area contributed by atoms with Crippen LogP contribution in [0.1, 0.15) is 43.2 Å². The van der Waals surface area contributed by atoms with Gasteiger partial charge in [0.25, 0.3) is 0 Å². The van der Waals surface area contributed by atoms with Crippen LogP contribution in [0.15, 0.2) is 161 Å². The van der Waals surface area contributed by atoms with Gasteiger partial charge in [-0.3, -0.25) is 0 Å². The fourth-order valence-electron chi connectivity index (χ4n) is 7.99. The molecule has 4 heteroatoms. The topological polar surface area (TPSA) is 15.7 Å².